The Balaban J connectivity index is 2.08. The van der Waals surface area contributed by atoms with Gasteiger partial charge >= 0.3 is 0 Å². The smallest absolute Gasteiger partial charge is 0.141 e. The van der Waals surface area contributed by atoms with Gasteiger partial charge in [0, 0.05) is 23.5 Å². The molecule has 0 saturated carbocycles. The van der Waals surface area contributed by atoms with Gasteiger partial charge in [0.2, 0.25) is 0 Å². The number of hydrogen-bond acceptors (Lipinski definition) is 3. The van der Waals surface area contributed by atoms with Gasteiger partial charge in [-0.15, -0.1) is 0 Å². The van der Waals surface area contributed by atoms with Crippen molar-refractivity contribution in [2.24, 2.45) is 5.73 Å². The van der Waals surface area contributed by atoms with Gasteiger partial charge in [0.1, 0.15) is 12.4 Å². The molecular formula is C15H19Cl2N3O. The first-order valence-corrected chi connectivity index (χ1v) is 7.67. The molecule has 1 aromatic heterocycles. The maximum Gasteiger partial charge on any atom is 0.141 e. The Labute approximate surface area is 134 Å². The summed E-state index contributed by atoms with van der Waals surface area (Å²) in [5.74, 6) is 0.671. The number of ether oxygens (including phenoxy) is 1. The molecule has 0 radical (unpaired) electrons. The van der Waals surface area contributed by atoms with E-state index in [2.05, 4.69) is 11.9 Å². The lowest BCUT2D eigenvalue weighted by Gasteiger charge is -2.16. The van der Waals surface area contributed by atoms with Crippen LogP contribution in [-0.4, -0.2) is 22.2 Å². The van der Waals surface area contributed by atoms with Crippen molar-refractivity contribution in [1.29, 1.82) is 0 Å². The maximum atomic E-state index is 6.25. The van der Waals surface area contributed by atoms with Gasteiger partial charge in [0.05, 0.1) is 17.9 Å². The Morgan fingerprint density at radius 3 is 2.86 bits per heavy atom. The second kappa shape index (κ2) is 7.69. The van der Waals surface area contributed by atoms with E-state index in [0.717, 1.165) is 12.0 Å². The van der Waals surface area contributed by atoms with Crippen LogP contribution >= 0.6 is 23.2 Å². The Morgan fingerprint density at radius 2 is 2.19 bits per heavy atom. The molecule has 114 valence electrons. The molecule has 4 nitrogen and oxygen atoms in total. The molecule has 2 rings (SSSR count). The number of nitrogens with zero attached hydrogens (tertiary/aromatic N) is 2. The van der Waals surface area contributed by atoms with Crippen molar-refractivity contribution in [2.45, 2.75) is 32.4 Å². The molecule has 2 N–H and O–H groups in total. The third-order valence-corrected chi connectivity index (χ3v) is 3.75. The maximum absolute atomic E-state index is 6.25. The average molecular weight is 328 g/mol. The first-order chi connectivity index (χ1) is 10.1. The molecule has 6 heteroatoms. The van der Waals surface area contributed by atoms with E-state index in [1.54, 1.807) is 18.6 Å². The normalized spacial score (nSPS) is 12.4. The molecule has 1 unspecified atom stereocenters. The van der Waals surface area contributed by atoms with Crippen LogP contribution < -0.4 is 10.5 Å². The minimum atomic E-state index is 0.0653. The lowest BCUT2D eigenvalue weighted by molar-refractivity contribution is 0.295. The van der Waals surface area contributed by atoms with E-state index in [1.807, 2.05) is 16.8 Å². The van der Waals surface area contributed by atoms with Crippen LogP contribution in [-0.2, 0) is 13.0 Å². The number of benzene rings is 1. The number of halogens is 2. The first kappa shape index (κ1) is 16.1. The van der Waals surface area contributed by atoms with Crippen molar-refractivity contribution in [1.82, 2.24) is 9.55 Å². The zero-order valence-corrected chi connectivity index (χ0v) is 13.4. The topological polar surface area (TPSA) is 53.1 Å². The quantitative estimate of drug-likeness (QED) is 0.846. The highest BCUT2D eigenvalue weighted by Gasteiger charge is 2.13. The van der Waals surface area contributed by atoms with Crippen LogP contribution in [0.1, 0.15) is 18.9 Å². The van der Waals surface area contributed by atoms with Gasteiger partial charge in [0.15, 0.2) is 0 Å². The van der Waals surface area contributed by atoms with Crippen molar-refractivity contribution < 1.29 is 4.74 Å². The van der Waals surface area contributed by atoms with Gasteiger partial charge in [-0.25, -0.2) is 4.98 Å². The van der Waals surface area contributed by atoms with Crippen LogP contribution in [0.3, 0.4) is 0 Å². The molecular weight excluding hydrogens is 309 g/mol. The van der Waals surface area contributed by atoms with E-state index >= 15 is 0 Å². The fraction of sp³-hybridized carbons (Fsp3) is 0.400. The Bertz CT molecular complexity index is 573. The minimum Gasteiger partial charge on any atom is -0.490 e. The van der Waals surface area contributed by atoms with E-state index in [4.69, 9.17) is 33.7 Å². The molecule has 0 fully saturated rings. The third kappa shape index (κ3) is 4.63. The Hall–Kier alpha value is -1.23. The standard InChI is InChI=1S/C15H19Cl2N3O/c1-2-13(18)8-11-7-12(16)9-14(17)15(11)21-6-5-20-4-3-19-10-20/h3-4,7,9-10,13H,2,5-6,8,18H2,1H3. The van der Waals surface area contributed by atoms with Gasteiger partial charge in [-0.05, 0) is 30.5 Å². The van der Waals surface area contributed by atoms with Crippen LogP contribution in [0, 0.1) is 0 Å². The predicted octanol–water partition coefficient (Wildman–Crippen LogP) is 3.55. The van der Waals surface area contributed by atoms with Crippen molar-refractivity contribution in [3.8, 4) is 5.75 Å². The predicted molar refractivity (Wildman–Crippen MR) is 86.2 cm³/mol. The summed E-state index contributed by atoms with van der Waals surface area (Å²) < 4.78 is 7.79. The van der Waals surface area contributed by atoms with Crippen molar-refractivity contribution >= 4 is 23.2 Å². The number of rotatable bonds is 7. The third-order valence-electron chi connectivity index (χ3n) is 3.25. The highest BCUT2D eigenvalue weighted by atomic mass is 35.5. The molecule has 0 bridgehead atoms. The summed E-state index contributed by atoms with van der Waals surface area (Å²) in [4.78, 5) is 3.99. The zero-order chi connectivity index (χ0) is 15.2. The molecule has 1 heterocycles. The number of hydrogen-bond donors (Lipinski definition) is 1. The van der Waals surface area contributed by atoms with E-state index in [1.165, 1.54) is 0 Å². The monoisotopic (exact) mass is 327 g/mol. The fourth-order valence-electron chi connectivity index (χ4n) is 2.03. The van der Waals surface area contributed by atoms with Gasteiger partial charge < -0.3 is 15.0 Å². The molecule has 1 aromatic carbocycles. The summed E-state index contributed by atoms with van der Waals surface area (Å²) in [5.41, 5.74) is 6.98. The summed E-state index contributed by atoms with van der Waals surface area (Å²) in [6.07, 6.45) is 6.96. The van der Waals surface area contributed by atoms with Gasteiger partial charge in [0.25, 0.3) is 0 Å². The highest BCUT2D eigenvalue weighted by molar-refractivity contribution is 6.35. The minimum absolute atomic E-state index is 0.0653. The molecule has 0 aliphatic carbocycles. The average Bonchev–Trinajstić information content (AvgIpc) is 2.94. The molecule has 0 aliphatic heterocycles. The summed E-state index contributed by atoms with van der Waals surface area (Å²) >= 11 is 12.3. The molecule has 0 aliphatic rings. The molecule has 1 atom stereocenters. The van der Waals surface area contributed by atoms with E-state index < -0.39 is 0 Å². The fourth-order valence-corrected chi connectivity index (χ4v) is 2.62. The SMILES string of the molecule is CCC(N)Cc1cc(Cl)cc(Cl)c1OCCn1ccnc1. The molecule has 21 heavy (non-hydrogen) atoms. The van der Waals surface area contributed by atoms with E-state index in [9.17, 15) is 0 Å². The Kier molecular flexibility index (Phi) is 5.91. The largest absolute Gasteiger partial charge is 0.490 e. The molecule has 0 amide bonds. The molecule has 2 aromatic rings. The van der Waals surface area contributed by atoms with Crippen LogP contribution in [0.4, 0.5) is 0 Å². The number of nitrogens with two attached hydrogens (primary N) is 1. The lowest BCUT2D eigenvalue weighted by atomic mass is 10.0. The van der Waals surface area contributed by atoms with Crippen LogP contribution in [0.5, 0.6) is 5.75 Å². The summed E-state index contributed by atoms with van der Waals surface area (Å²) in [5, 5.41) is 1.12. The van der Waals surface area contributed by atoms with Crippen molar-refractivity contribution in [3.05, 3.63) is 46.5 Å². The van der Waals surface area contributed by atoms with Crippen LogP contribution in [0.25, 0.3) is 0 Å². The van der Waals surface area contributed by atoms with Crippen LogP contribution in [0.15, 0.2) is 30.9 Å². The van der Waals surface area contributed by atoms with Crippen molar-refractivity contribution in [2.75, 3.05) is 6.61 Å². The first-order valence-electron chi connectivity index (χ1n) is 6.92. The number of aromatic nitrogens is 2. The second-order valence-electron chi connectivity index (χ2n) is 4.90. The lowest BCUT2D eigenvalue weighted by Crippen LogP contribution is -2.22. The number of imidazole rings is 1. The van der Waals surface area contributed by atoms with Gasteiger partial charge in [-0.3, -0.25) is 0 Å². The highest BCUT2D eigenvalue weighted by Crippen LogP contribution is 2.33. The zero-order valence-electron chi connectivity index (χ0n) is 11.9. The van der Waals surface area contributed by atoms with Crippen molar-refractivity contribution in [3.63, 3.8) is 0 Å². The van der Waals surface area contributed by atoms with Gasteiger partial charge in [-0.2, -0.15) is 0 Å². The summed E-state index contributed by atoms with van der Waals surface area (Å²) in [6, 6.07) is 3.63. The van der Waals surface area contributed by atoms with Crippen LogP contribution in [0.2, 0.25) is 10.0 Å². The molecule has 0 saturated heterocycles. The Morgan fingerprint density at radius 1 is 1.38 bits per heavy atom. The van der Waals surface area contributed by atoms with E-state index in [-0.39, 0.29) is 6.04 Å². The van der Waals surface area contributed by atoms with E-state index in [0.29, 0.717) is 35.4 Å². The molecule has 0 spiro atoms. The summed E-state index contributed by atoms with van der Waals surface area (Å²) in [6.45, 7) is 3.26. The summed E-state index contributed by atoms with van der Waals surface area (Å²) in [7, 11) is 0. The van der Waals surface area contributed by atoms with Gasteiger partial charge in [-0.1, -0.05) is 30.1 Å². The second-order valence-corrected chi connectivity index (χ2v) is 5.74.